The molecule has 8 nitrogen and oxygen atoms in total. The standard InChI is InChI=1S/C16H22N2O6S/c1-2-18(12-3-4-12)15(19)11-7-9-17(10-8-11)25(22,23)14-6-5-13(24-14)16(20)21/h5-6,11-12H,2-4,7-10H2,1H3,(H,20,21). The van der Waals surface area contributed by atoms with Crippen LogP contribution in [0, 0.1) is 5.92 Å². The molecule has 3 rings (SSSR count). The van der Waals surface area contributed by atoms with E-state index >= 15 is 0 Å². The molecule has 0 radical (unpaired) electrons. The topological polar surface area (TPSA) is 108 Å². The second-order valence-corrected chi connectivity index (χ2v) is 8.33. The highest BCUT2D eigenvalue weighted by Crippen LogP contribution is 2.31. The molecule has 0 atom stereocenters. The SMILES string of the molecule is CCN(C(=O)C1CCN(S(=O)(=O)c2ccc(C(=O)O)o2)CC1)C1CC1. The minimum absolute atomic E-state index is 0.119. The van der Waals surface area contributed by atoms with E-state index in [1.54, 1.807) is 0 Å². The lowest BCUT2D eigenvalue weighted by Gasteiger charge is -2.33. The Bertz CT molecular complexity index is 759. The Labute approximate surface area is 146 Å². The van der Waals surface area contributed by atoms with Crippen molar-refractivity contribution in [2.45, 2.75) is 43.7 Å². The molecule has 1 saturated carbocycles. The molecule has 2 aliphatic rings. The molecule has 1 amide bonds. The number of carboxylic acid groups (broad SMARTS) is 1. The normalized spacial score (nSPS) is 19.7. The van der Waals surface area contributed by atoms with Crippen LogP contribution in [0.25, 0.3) is 0 Å². The number of nitrogens with zero attached hydrogens (tertiary/aromatic N) is 2. The third kappa shape index (κ3) is 3.57. The number of piperidine rings is 1. The van der Waals surface area contributed by atoms with Crippen molar-refractivity contribution in [1.29, 1.82) is 0 Å². The summed E-state index contributed by atoms with van der Waals surface area (Å²) in [5, 5.41) is 8.48. The number of carbonyl (C=O) groups is 2. The first-order valence-corrected chi connectivity index (χ1v) is 9.92. The van der Waals surface area contributed by atoms with Gasteiger partial charge in [0.05, 0.1) is 0 Å². The van der Waals surface area contributed by atoms with Crippen molar-refractivity contribution in [2.75, 3.05) is 19.6 Å². The van der Waals surface area contributed by atoms with Gasteiger partial charge in [-0.05, 0) is 44.7 Å². The second-order valence-electron chi connectivity index (χ2n) is 6.46. The third-order valence-electron chi connectivity index (χ3n) is 4.80. The van der Waals surface area contributed by atoms with E-state index in [4.69, 9.17) is 9.52 Å². The number of carboxylic acids is 1. The molecule has 138 valence electrons. The predicted octanol–water partition coefficient (Wildman–Crippen LogP) is 1.39. The van der Waals surface area contributed by atoms with Crippen LogP contribution in [-0.2, 0) is 14.8 Å². The van der Waals surface area contributed by atoms with Crippen LogP contribution in [0.5, 0.6) is 0 Å². The first kappa shape index (κ1) is 17.9. The van der Waals surface area contributed by atoms with Crippen LogP contribution in [0.2, 0.25) is 0 Å². The van der Waals surface area contributed by atoms with Gasteiger partial charge in [0.2, 0.25) is 16.8 Å². The van der Waals surface area contributed by atoms with E-state index in [1.165, 1.54) is 4.31 Å². The highest BCUT2D eigenvalue weighted by atomic mass is 32.2. The van der Waals surface area contributed by atoms with Crippen molar-refractivity contribution < 1.29 is 27.5 Å². The van der Waals surface area contributed by atoms with Gasteiger partial charge in [0, 0.05) is 31.6 Å². The van der Waals surface area contributed by atoms with Crippen molar-refractivity contribution in [3.05, 3.63) is 17.9 Å². The van der Waals surface area contributed by atoms with Gasteiger partial charge < -0.3 is 14.4 Å². The number of rotatable bonds is 6. The van der Waals surface area contributed by atoms with Crippen LogP contribution in [0.3, 0.4) is 0 Å². The van der Waals surface area contributed by atoms with Gasteiger partial charge >= 0.3 is 5.97 Å². The zero-order chi connectivity index (χ0) is 18.2. The Morgan fingerprint density at radius 1 is 1.24 bits per heavy atom. The minimum atomic E-state index is -3.88. The first-order chi connectivity index (χ1) is 11.8. The summed E-state index contributed by atoms with van der Waals surface area (Å²) in [5.74, 6) is -1.76. The smallest absolute Gasteiger partial charge is 0.371 e. The Morgan fingerprint density at radius 2 is 1.88 bits per heavy atom. The fourth-order valence-corrected chi connectivity index (χ4v) is 4.64. The van der Waals surface area contributed by atoms with Crippen molar-refractivity contribution in [2.24, 2.45) is 5.92 Å². The van der Waals surface area contributed by atoms with Crippen molar-refractivity contribution in [1.82, 2.24) is 9.21 Å². The maximum atomic E-state index is 12.6. The van der Waals surface area contributed by atoms with Crippen LogP contribution < -0.4 is 0 Å². The lowest BCUT2D eigenvalue weighted by molar-refractivity contribution is -0.137. The lowest BCUT2D eigenvalue weighted by Crippen LogP contribution is -2.45. The quantitative estimate of drug-likeness (QED) is 0.811. The van der Waals surface area contributed by atoms with Gasteiger partial charge in [0.25, 0.3) is 10.0 Å². The van der Waals surface area contributed by atoms with E-state index in [0.29, 0.717) is 25.4 Å². The van der Waals surface area contributed by atoms with E-state index in [-0.39, 0.29) is 30.0 Å². The molecule has 9 heteroatoms. The Hall–Kier alpha value is -1.87. The van der Waals surface area contributed by atoms with E-state index in [2.05, 4.69) is 0 Å². The van der Waals surface area contributed by atoms with Gasteiger partial charge in [0.15, 0.2) is 0 Å². The summed E-state index contributed by atoms with van der Waals surface area (Å²) in [6, 6.07) is 2.64. The number of carbonyl (C=O) groups excluding carboxylic acids is 1. The molecule has 1 aliphatic carbocycles. The number of aromatic carboxylic acids is 1. The number of furan rings is 1. The molecule has 2 fully saturated rings. The zero-order valence-electron chi connectivity index (χ0n) is 14.1. The molecule has 1 N–H and O–H groups in total. The summed E-state index contributed by atoms with van der Waals surface area (Å²) in [6.45, 7) is 3.10. The highest BCUT2D eigenvalue weighted by molar-refractivity contribution is 7.89. The van der Waals surface area contributed by atoms with Gasteiger partial charge in [-0.25, -0.2) is 13.2 Å². The summed E-state index contributed by atoms with van der Waals surface area (Å²) in [6.07, 6.45) is 3.04. The van der Waals surface area contributed by atoms with Crippen molar-refractivity contribution in [3.63, 3.8) is 0 Å². The predicted molar refractivity (Wildman–Crippen MR) is 87.6 cm³/mol. The van der Waals surface area contributed by atoms with Crippen LogP contribution >= 0.6 is 0 Å². The number of sulfonamides is 1. The fraction of sp³-hybridized carbons (Fsp3) is 0.625. The summed E-state index contributed by atoms with van der Waals surface area (Å²) in [7, 11) is -3.88. The van der Waals surface area contributed by atoms with E-state index < -0.39 is 21.8 Å². The van der Waals surface area contributed by atoms with Crippen LogP contribution in [0.1, 0.15) is 43.2 Å². The maximum Gasteiger partial charge on any atom is 0.371 e. The molecule has 0 spiro atoms. The van der Waals surface area contributed by atoms with E-state index in [0.717, 1.165) is 25.0 Å². The molecule has 1 saturated heterocycles. The molecule has 1 aliphatic heterocycles. The molecule has 2 heterocycles. The van der Waals surface area contributed by atoms with Gasteiger partial charge in [-0.2, -0.15) is 4.31 Å². The van der Waals surface area contributed by atoms with Gasteiger partial charge in [-0.15, -0.1) is 0 Å². The second kappa shape index (κ2) is 6.80. The summed E-state index contributed by atoms with van der Waals surface area (Å²) >= 11 is 0. The van der Waals surface area contributed by atoms with Crippen LogP contribution in [0.4, 0.5) is 0 Å². The maximum absolute atomic E-state index is 12.6. The van der Waals surface area contributed by atoms with E-state index in [1.807, 2.05) is 11.8 Å². The van der Waals surface area contributed by atoms with Crippen LogP contribution in [0.15, 0.2) is 21.6 Å². The van der Waals surface area contributed by atoms with Gasteiger partial charge in [-0.1, -0.05) is 0 Å². The average Bonchev–Trinajstić information content (AvgIpc) is 3.28. The molecule has 0 aromatic carbocycles. The minimum Gasteiger partial charge on any atom is -0.475 e. The van der Waals surface area contributed by atoms with Gasteiger partial charge in [0.1, 0.15) is 0 Å². The zero-order valence-corrected chi connectivity index (χ0v) is 14.9. The molecule has 0 bridgehead atoms. The number of amides is 1. The van der Waals surface area contributed by atoms with Crippen molar-refractivity contribution >= 4 is 21.9 Å². The summed E-state index contributed by atoms with van der Waals surface area (Å²) in [5.41, 5.74) is 0. The number of hydrogen-bond donors (Lipinski definition) is 1. The number of hydrogen-bond acceptors (Lipinski definition) is 5. The first-order valence-electron chi connectivity index (χ1n) is 8.48. The Balaban J connectivity index is 1.64. The molecular formula is C16H22N2O6S. The molecule has 1 aromatic rings. The highest BCUT2D eigenvalue weighted by Gasteiger charge is 2.38. The van der Waals surface area contributed by atoms with Crippen LogP contribution in [-0.4, -0.2) is 60.3 Å². The molecular weight excluding hydrogens is 348 g/mol. The van der Waals surface area contributed by atoms with E-state index in [9.17, 15) is 18.0 Å². The average molecular weight is 370 g/mol. The largest absolute Gasteiger partial charge is 0.475 e. The molecule has 1 aromatic heterocycles. The van der Waals surface area contributed by atoms with Crippen molar-refractivity contribution in [3.8, 4) is 0 Å². The molecule has 25 heavy (non-hydrogen) atoms. The summed E-state index contributed by atoms with van der Waals surface area (Å²) < 4.78 is 31.3. The summed E-state index contributed by atoms with van der Waals surface area (Å²) in [4.78, 5) is 25.3. The fourth-order valence-electron chi connectivity index (χ4n) is 3.26. The Morgan fingerprint density at radius 3 is 2.36 bits per heavy atom. The molecule has 0 unspecified atom stereocenters. The third-order valence-corrected chi connectivity index (χ3v) is 6.57. The lowest BCUT2D eigenvalue weighted by atomic mass is 9.96. The Kier molecular flexibility index (Phi) is 4.88. The monoisotopic (exact) mass is 370 g/mol. The van der Waals surface area contributed by atoms with Gasteiger partial charge in [-0.3, -0.25) is 4.79 Å².